The summed E-state index contributed by atoms with van der Waals surface area (Å²) in [5.41, 5.74) is 1.48. The van der Waals surface area contributed by atoms with E-state index < -0.39 is 22.9 Å². The van der Waals surface area contributed by atoms with Crippen molar-refractivity contribution >= 4 is 5.69 Å². The van der Waals surface area contributed by atoms with Gasteiger partial charge in [-0.2, -0.15) is 13.9 Å². The van der Waals surface area contributed by atoms with Gasteiger partial charge < -0.3 is 10.1 Å². The van der Waals surface area contributed by atoms with Crippen molar-refractivity contribution in [3.05, 3.63) is 45.8 Å². The maximum Gasteiger partial charge on any atom is 0.387 e. The quantitative estimate of drug-likeness (QED) is 0.689. The van der Waals surface area contributed by atoms with Crippen LogP contribution in [0.3, 0.4) is 0 Å². The van der Waals surface area contributed by atoms with E-state index in [1.54, 1.807) is 6.20 Å². The number of alkyl halides is 2. The molecule has 9 heteroatoms. The van der Waals surface area contributed by atoms with E-state index in [0.717, 1.165) is 23.4 Å². The number of fused-ring (bicyclic) bond motifs is 1. The first-order valence-corrected chi connectivity index (χ1v) is 5.97. The molecule has 0 saturated heterocycles. The maximum absolute atomic E-state index is 12.7. The number of nitrogens with zero attached hydrogens (tertiary/aromatic N) is 3. The third kappa shape index (κ3) is 2.55. The Labute approximate surface area is 118 Å². The number of rotatable bonds is 4. The largest absolute Gasteiger partial charge is 0.427 e. The summed E-state index contributed by atoms with van der Waals surface area (Å²) >= 11 is 0. The van der Waals surface area contributed by atoms with Crippen molar-refractivity contribution in [3.8, 4) is 11.4 Å². The van der Waals surface area contributed by atoms with Crippen LogP contribution in [0.15, 0.2) is 24.4 Å². The summed E-state index contributed by atoms with van der Waals surface area (Å²) in [6.45, 7) is -3.01. The van der Waals surface area contributed by atoms with Crippen LogP contribution in [-0.4, -0.2) is 21.3 Å². The van der Waals surface area contributed by atoms with Gasteiger partial charge in [-0.15, -0.1) is 0 Å². The minimum Gasteiger partial charge on any atom is -0.427 e. The Bertz CT molecular complexity index is 723. The average molecular weight is 297 g/mol. The van der Waals surface area contributed by atoms with Gasteiger partial charge in [0.2, 0.25) is 5.75 Å². The summed E-state index contributed by atoms with van der Waals surface area (Å²) < 4.78 is 37.4. The monoisotopic (exact) mass is 297 g/mol. The zero-order valence-corrected chi connectivity index (χ0v) is 10.5. The Balaban J connectivity index is 2.01. The van der Waals surface area contributed by atoms with E-state index in [9.17, 15) is 18.9 Å². The molecule has 0 unspecified atom stereocenters. The molecule has 2 aromatic rings. The van der Waals surface area contributed by atoms with E-state index >= 15 is 0 Å². The van der Waals surface area contributed by atoms with Crippen LogP contribution in [0, 0.1) is 10.1 Å². The molecule has 21 heavy (non-hydrogen) atoms. The van der Waals surface area contributed by atoms with E-state index in [1.165, 1.54) is 10.7 Å². The number of hydrogen-bond donors (Lipinski definition) is 1. The minimum atomic E-state index is -4.26. The molecule has 0 atom stereocenters. The first-order chi connectivity index (χ1) is 10.3. The number of benzene rings is 1. The number of aromatic nitrogens is 2. The molecule has 1 aliphatic heterocycles. The number of hydrogen-bond acceptors (Lipinski definition) is 5. The normalized spacial score (nSPS) is 14.7. The standard InChI is InChI=1S/C12H10F2N4O3/c13-12(14)21-11-3-8(1-2-10(11)18(19)20)17-6-7-4-15-5-9(7)16-17/h1-3,6,12,15H,4-5H2/i12D. The first kappa shape index (κ1) is 12.2. The molecule has 0 aliphatic carbocycles. The second kappa shape index (κ2) is 5.09. The fraction of sp³-hybridized carbons (Fsp3) is 0.250. The lowest BCUT2D eigenvalue weighted by atomic mass is 10.2. The van der Waals surface area contributed by atoms with Gasteiger partial charge in [0.1, 0.15) is 0 Å². The van der Waals surface area contributed by atoms with Crippen LogP contribution >= 0.6 is 0 Å². The summed E-state index contributed by atoms with van der Waals surface area (Å²) in [4.78, 5) is 10.0. The molecule has 7 nitrogen and oxygen atoms in total. The number of nitro benzene ring substituents is 1. The molecule has 2 heterocycles. The fourth-order valence-electron chi connectivity index (χ4n) is 2.15. The molecular weight excluding hydrogens is 286 g/mol. The smallest absolute Gasteiger partial charge is 0.387 e. The van der Waals surface area contributed by atoms with E-state index in [-0.39, 0.29) is 0 Å². The Morgan fingerprint density at radius 2 is 2.33 bits per heavy atom. The third-order valence-corrected chi connectivity index (χ3v) is 3.08. The summed E-state index contributed by atoms with van der Waals surface area (Å²) in [5.74, 6) is -0.684. The van der Waals surface area contributed by atoms with E-state index in [2.05, 4.69) is 15.2 Å². The second-order valence-electron chi connectivity index (χ2n) is 4.39. The highest BCUT2D eigenvalue weighted by molar-refractivity contribution is 5.53. The summed E-state index contributed by atoms with van der Waals surface area (Å²) in [7, 11) is 0. The van der Waals surface area contributed by atoms with E-state index in [1.807, 2.05) is 0 Å². The Morgan fingerprint density at radius 3 is 3.00 bits per heavy atom. The molecule has 3 rings (SSSR count). The molecule has 0 radical (unpaired) electrons. The molecule has 0 amide bonds. The lowest BCUT2D eigenvalue weighted by Gasteiger charge is -2.08. The zero-order chi connectivity index (χ0) is 15.9. The number of nitrogens with one attached hydrogen (secondary N) is 1. The van der Waals surface area contributed by atoms with Crippen molar-refractivity contribution < 1.29 is 19.8 Å². The lowest BCUT2D eigenvalue weighted by molar-refractivity contribution is -0.386. The topological polar surface area (TPSA) is 82.2 Å². The molecule has 0 bridgehead atoms. The Kier molecular flexibility index (Phi) is 2.96. The van der Waals surface area contributed by atoms with Crippen molar-refractivity contribution in [1.29, 1.82) is 0 Å². The van der Waals surface area contributed by atoms with Crippen LogP contribution in [0.5, 0.6) is 5.75 Å². The number of nitro groups is 1. The summed E-state index contributed by atoms with van der Waals surface area (Å²) in [6.07, 6.45) is 1.71. The zero-order valence-electron chi connectivity index (χ0n) is 11.5. The highest BCUT2D eigenvalue weighted by Crippen LogP contribution is 2.31. The van der Waals surface area contributed by atoms with E-state index in [4.69, 9.17) is 1.37 Å². The molecule has 0 saturated carbocycles. The number of ether oxygens (including phenoxy) is 1. The van der Waals surface area contributed by atoms with Crippen molar-refractivity contribution in [2.75, 3.05) is 0 Å². The van der Waals surface area contributed by atoms with Crippen LogP contribution in [0.1, 0.15) is 12.6 Å². The van der Waals surface area contributed by atoms with E-state index in [0.29, 0.717) is 18.8 Å². The first-order valence-electron chi connectivity index (χ1n) is 6.47. The predicted octanol–water partition coefficient (Wildman–Crippen LogP) is 1.99. The predicted molar refractivity (Wildman–Crippen MR) is 67.4 cm³/mol. The molecular formula is C12H10F2N4O3. The second-order valence-corrected chi connectivity index (χ2v) is 4.39. The Morgan fingerprint density at radius 1 is 1.52 bits per heavy atom. The summed E-state index contributed by atoms with van der Waals surface area (Å²) in [6, 6.07) is 3.49. The summed E-state index contributed by atoms with van der Waals surface area (Å²) in [5, 5.41) is 18.2. The highest BCUT2D eigenvalue weighted by atomic mass is 19.3. The molecule has 0 spiro atoms. The molecule has 0 fully saturated rings. The highest BCUT2D eigenvalue weighted by Gasteiger charge is 2.21. The minimum absolute atomic E-state index is 0.333. The van der Waals surface area contributed by atoms with Gasteiger partial charge in [-0.3, -0.25) is 10.1 Å². The average Bonchev–Trinajstić information content (AvgIpc) is 2.96. The molecule has 110 valence electrons. The van der Waals surface area contributed by atoms with Gasteiger partial charge in [-0.25, -0.2) is 4.68 Å². The third-order valence-electron chi connectivity index (χ3n) is 3.08. The van der Waals surface area contributed by atoms with Gasteiger partial charge >= 0.3 is 12.3 Å². The van der Waals surface area contributed by atoms with Crippen molar-refractivity contribution in [2.45, 2.75) is 19.7 Å². The molecule has 1 N–H and O–H groups in total. The molecule has 1 aromatic carbocycles. The molecule has 1 aliphatic rings. The van der Waals surface area contributed by atoms with Crippen LogP contribution < -0.4 is 10.1 Å². The fourth-order valence-corrected chi connectivity index (χ4v) is 2.15. The van der Waals surface area contributed by atoms with Crippen molar-refractivity contribution in [2.24, 2.45) is 0 Å². The van der Waals surface area contributed by atoms with Gasteiger partial charge in [0.25, 0.3) is 0 Å². The van der Waals surface area contributed by atoms with Gasteiger partial charge in [0.15, 0.2) is 1.37 Å². The van der Waals surface area contributed by atoms with Gasteiger partial charge in [0.05, 0.1) is 16.3 Å². The van der Waals surface area contributed by atoms with Gasteiger partial charge in [0, 0.05) is 37.0 Å². The lowest BCUT2D eigenvalue weighted by Crippen LogP contribution is -2.07. The SMILES string of the molecule is [2H]C(F)(F)Oc1cc(-n2cc3c(n2)CNC3)ccc1[N+](=O)[O-]. The maximum atomic E-state index is 12.7. The van der Waals surface area contributed by atoms with Crippen molar-refractivity contribution in [3.63, 3.8) is 0 Å². The Hall–Kier alpha value is -2.55. The van der Waals surface area contributed by atoms with Crippen LogP contribution in [0.25, 0.3) is 5.69 Å². The van der Waals surface area contributed by atoms with Gasteiger partial charge in [-0.1, -0.05) is 0 Å². The van der Waals surface area contributed by atoms with Crippen LogP contribution in [0.4, 0.5) is 14.5 Å². The molecule has 1 aromatic heterocycles. The van der Waals surface area contributed by atoms with Crippen LogP contribution in [0.2, 0.25) is 0 Å². The van der Waals surface area contributed by atoms with Gasteiger partial charge in [-0.05, 0) is 6.07 Å². The van der Waals surface area contributed by atoms with Crippen LogP contribution in [-0.2, 0) is 13.1 Å². The number of halogens is 2. The van der Waals surface area contributed by atoms with Crippen molar-refractivity contribution in [1.82, 2.24) is 15.1 Å².